The molecular weight excluding hydrogens is 324 g/mol. The van der Waals surface area contributed by atoms with E-state index < -0.39 is 10.0 Å². The lowest BCUT2D eigenvalue weighted by atomic mass is 10.3. The van der Waals surface area contributed by atoms with Crippen molar-refractivity contribution >= 4 is 21.6 Å². The highest BCUT2D eigenvalue weighted by atomic mass is 35.5. The highest BCUT2D eigenvalue weighted by Crippen LogP contribution is 2.29. The summed E-state index contributed by atoms with van der Waals surface area (Å²) >= 11 is 6.09. The number of nitrogens with zero attached hydrogens (tertiary/aromatic N) is 2. The van der Waals surface area contributed by atoms with Gasteiger partial charge in [0.15, 0.2) is 0 Å². The molecule has 0 spiro atoms. The fraction of sp³-hybridized carbons (Fsp3) is 0.600. The Bertz CT molecular complexity index is 599. The van der Waals surface area contributed by atoms with Crippen LogP contribution in [0.4, 0.5) is 0 Å². The number of benzene rings is 1. The second-order valence-corrected chi connectivity index (χ2v) is 7.85. The van der Waals surface area contributed by atoms with Crippen LogP contribution in [0.15, 0.2) is 23.1 Å². The van der Waals surface area contributed by atoms with Gasteiger partial charge in [-0.2, -0.15) is 4.31 Å². The Labute approximate surface area is 137 Å². The second kappa shape index (κ2) is 7.64. The quantitative estimate of drug-likeness (QED) is 0.742. The second-order valence-electron chi connectivity index (χ2n) is 5.50. The summed E-state index contributed by atoms with van der Waals surface area (Å²) in [5, 5.41) is 0.438. The Morgan fingerprint density at radius 3 is 2.55 bits per heavy atom. The summed E-state index contributed by atoms with van der Waals surface area (Å²) in [6, 6.07) is 4.67. The molecule has 0 bridgehead atoms. The molecule has 0 unspecified atom stereocenters. The topological polar surface area (TPSA) is 49.9 Å². The molecule has 0 amide bonds. The van der Waals surface area contributed by atoms with E-state index in [9.17, 15) is 8.42 Å². The summed E-state index contributed by atoms with van der Waals surface area (Å²) < 4.78 is 32.5. The van der Waals surface area contributed by atoms with E-state index in [0.717, 1.165) is 25.9 Å². The molecule has 0 atom stereocenters. The largest absolute Gasteiger partial charge is 0.492 e. The molecule has 7 heteroatoms. The van der Waals surface area contributed by atoms with Crippen molar-refractivity contribution in [2.45, 2.75) is 24.7 Å². The SMILES string of the molecule is CCCCOc1cc(S(=O)(=O)N2CCN(C)CC2)ccc1Cl. The monoisotopic (exact) mass is 346 g/mol. The van der Waals surface area contributed by atoms with Crippen LogP contribution in [0.1, 0.15) is 19.8 Å². The average Bonchev–Trinajstić information content (AvgIpc) is 2.49. The summed E-state index contributed by atoms with van der Waals surface area (Å²) in [6.07, 6.45) is 1.92. The van der Waals surface area contributed by atoms with Crippen LogP contribution in [-0.2, 0) is 10.0 Å². The maximum Gasteiger partial charge on any atom is 0.243 e. The van der Waals surface area contributed by atoms with Gasteiger partial charge in [-0.1, -0.05) is 24.9 Å². The van der Waals surface area contributed by atoms with E-state index in [4.69, 9.17) is 16.3 Å². The van der Waals surface area contributed by atoms with Crippen LogP contribution >= 0.6 is 11.6 Å². The first-order chi connectivity index (χ1) is 10.4. The first-order valence-corrected chi connectivity index (χ1v) is 9.38. The molecule has 1 fully saturated rings. The van der Waals surface area contributed by atoms with Gasteiger partial charge in [-0.25, -0.2) is 8.42 Å². The maximum absolute atomic E-state index is 12.7. The van der Waals surface area contributed by atoms with Crippen molar-refractivity contribution in [1.82, 2.24) is 9.21 Å². The van der Waals surface area contributed by atoms with Crippen molar-refractivity contribution in [3.63, 3.8) is 0 Å². The Hall–Kier alpha value is -0.820. The van der Waals surface area contributed by atoms with Crippen molar-refractivity contribution in [1.29, 1.82) is 0 Å². The van der Waals surface area contributed by atoms with Gasteiger partial charge >= 0.3 is 0 Å². The number of halogens is 1. The number of likely N-dealkylation sites (N-methyl/N-ethyl adjacent to an activating group) is 1. The molecule has 0 aromatic heterocycles. The lowest BCUT2D eigenvalue weighted by Crippen LogP contribution is -2.47. The van der Waals surface area contributed by atoms with Crippen LogP contribution in [0, 0.1) is 0 Å². The maximum atomic E-state index is 12.7. The van der Waals surface area contributed by atoms with Gasteiger partial charge in [0.25, 0.3) is 0 Å². The predicted molar refractivity (Wildman–Crippen MR) is 88.1 cm³/mol. The minimum atomic E-state index is -3.49. The molecular formula is C15H23ClN2O3S. The number of rotatable bonds is 6. The molecule has 1 aromatic carbocycles. The minimum Gasteiger partial charge on any atom is -0.492 e. The molecule has 22 heavy (non-hydrogen) atoms. The lowest BCUT2D eigenvalue weighted by Gasteiger charge is -2.31. The van der Waals surface area contributed by atoms with Crippen LogP contribution in [0.5, 0.6) is 5.75 Å². The molecule has 1 saturated heterocycles. The van der Waals surface area contributed by atoms with Crippen molar-refractivity contribution < 1.29 is 13.2 Å². The van der Waals surface area contributed by atoms with E-state index in [0.29, 0.717) is 30.5 Å². The van der Waals surface area contributed by atoms with Crippen LogP contribution in [0.25, 0.3) is 0 Å². The highest BCUT2D eigenvalue weighted by molar-refractivity contribution is 7.89. The van der Waals surface area contributed by atoms with Gasteiger partial charge in [-0.3, -0.25) is 0 Å². The molecule has 0 radical (unpaired) electrons. The van der Waals surface area contributed by atoms with Crippen molar-refractivity contribution in [3.05, 3.63) is 23.2 Å². The smallest absolute Gasteiger partial charge is 0.243 e. The molecule has 0 saturated carbocycles. The molecule has 1 aromatic rings. The summed E-state index contributed by atoms with van der Waals surface area (Å²) in [7, 11) is -1.50. The molecule has 124 valence electrons. The third kappa shape index (κ3) is 4.13. The zero-order valence-electron chi connectivity index (χ0n) is 13.1. The summed E-state index contributed by atoms with van der Waals surface area (Å²) in [5.74, 6) is 0.435. The van der Waals surface area contributed by atoms with Crippen LogP contribution < -0.4 is 4.74 Å². The highest BCUT2D eigenvalue weighted by Gasteiger charge is 2.28. The Balaban J connectivity index is 2.18. The summed E-state index contributed by atoms with van der Waals surface area (Å²) in [4.78, 5) is 2.36. The van der Waals surface area contributed by atoms with Gasteiger partial charge in [0.1, 0.15) is 5.75 Å². The molecule has 1 aliphatic rings. The van der Waals surface area contributed by atoms with Crippen molar-refractivity contribution in [2.24, 2.45) is 0 Å². The molecule has 5 nitrogen and oxygen atoms in total. The van der Waals surface area contributed by atoms with Crippen LogP contribution in [0.2, 0.25) is 5.02 Å². The van der Waals surface area contributed by atoms with E-state index in [2.05, 4.69) is 11.8 Å². The third-order valence-corrected chi connectivity index (χ3v) is 5.97. The Morgan fingerprint density at radius 2 is 1.91 bits per heavy atom. The van der Waals surface area contributed by atoms with Gasteiger partial charge < -0.3 is 9.64 Å². The van der Waals surface area contributed by atoms with E-state index in [1.165, 1.54) is 10.4 Å². The fourth-order valence-electron chi connectivity index (χ4n) is 2.26. The van der Waals surface area contributed by atoms with Crippen molar-refractivity contribution in [3.8, 4) is 5.75 Å². The van der Waals surface area contributed by atoms with Gasteiger partial charge in [0, 0.05) is 32.2 Å². The molecule has 0 aliphatic carbocycles. The van der Waals surface area contributed by atoms with Gasteiger partial charge in [0.05, 0.1) is 16.5 Å². The van der Waals surface area contributed by atoms with Crippen LogP contribution in [0.3, 0.4) is 0 Å². The number of unbranched alkanes of at least 4 members (excludes halogenated alkanes) is 1. The summed E-state index contributed by atoms with van der Waals surface area (Å²) in [6.45, 7) is 5.10. The van der Waals surface area contributed by atoms with Gasteiger partial charge in [0.2, 0.25) is 10.0 Å². The van der Waals surface area contributed by atoms with E-state index >= 15 is 0 Å². The number of piperazine rings is 1. The standard InChI is InChI=1S/C15H23ClN2O3S/c1-3-4-11-21-15-12-13(5-6-14(15)16)22(19,20)18-9-7-17(2)8-10-18/h5-6,12H,3-4,7-11H2,1-2H3. The third-order valence-electron chi connectivity index (χ3n) is 3.76. The number of hydrogen-bond acceptors (Lipinski definition) is 4. The van der Waals surface area contributed by atoms with Gasteiger partial charge in [-0.05, 0) is 25.6 Å². The number of sulfonamides is 1. The minimum absolute atomic E-state index is 0.243. The zero-order chi connectivity index (χ0) is 16.2. The molecule has 0 N–H and O–H groups in total. The zero-order valence-corrected chi connectivity index (χ0v) is 14.7. The number of hydrogen-bond donors (Lipinski definition) is 0. The molecule has 1 heterocycles. The fourth-order valence-corrected chi connectivity index (χ4v) is 3.87. The Kier molecular flexibility index (Phi) is 6.09. The lowest BCUT2D eigenvalue weighted by molar-refractivity contribution is 0.222. The normalized spacial score (nSPS) is 17.6. The summed E-state index contributed by atoms with van der Waals surface area (Å²) in [5.41, 5.74) is 0. The van der Waals surface area contributed by atoms with Gasteiger partial charge in [-0.15, -0.1) is 0 Å². The first-order valence-electron chi connectivity index (χ1n) is 7.56. The van der Waals surface area contributed by atoms with E-state index in [1.54, 1.807) is 12.1 Å². The average molecular weight is 347 g/mol. The van der Waals surface area contributed by atoms with E-state index in [1.807, 2.05) is 7.05 Å². The Morgan fingerprint density at radius 1 is 1.23 bits per heavy atom. The predicted octanol–water partition coefficient (Wildman–Crippen LogP) is 2.46. The molecule has 1 aliphatic heterocycles. The van der Waals surface area contributed by atoms with E-state index in [-0.39, 0.29) is 4.90 Å². The molecule has 2 rings (SSSR count). The first kappa shape index (κ1) is 17.5. The van der Waals surface area contributed by atoms with Crippen molar-refractivity contribution in [2.75, 3.05) is 39.8 Å². The number of ether oxygens (including phenoxy) is 1. The van der Waals surface area contributed by atoms with Crippen LogP contribution in [-0.4, -0.2) is 57.5 Å².